The molecule has 42 heavy (non-hydrogen) atoms. The second kappa shape index (κ2) is 11.8. The number of hydrogen-bond donors (Lipinski definition) is 0. The predicted molar refractivity (Wildman–Crippen MR) is 157 cm³/mol. The lowest BCUT2D eigenvalue weighted by Gasteiger charge is -2.28. The molecule has 3 aromatic rings. The van der Waals surface area contributed by atoms with Gasteiger partial charge < -0.3 is 14.4 Å². The third kappa shape index (κ3) is 6.44. The maximum atomic E-state index is 14.4. The number of halogens is 2. The van der Waals surface area contributed by atoms with Gasteiger partial charge >= 0.3 is 12.2 Å². The largest absolute Gasteiger partial charge is 0.445 e. The van der Waals surface area contributed by atoms with Crippen molar-refractivity contribution in [3.63, 3.8) is 0 Å². The van der Waals surface area contributed by atoms with Crippen molar-refractivity contribution in [1.82, 2.24) is 9.80 Å². The van der Waals surface area contributed by atoms with Gasteiger partial charge in [-0.2, -0.15) is 0 Å². The van der Waals surface area contributed by atoms with Gasteiger partial charge in [-0.1, -0.05) is 66.2 Å². The summed E-state index contributed by atoms with van der Waals surface area (Å²) in [6, 6.07) is 20.6. The maximum absolute atomic E-state index is 14.4. The topological polar surface area (TPSA) is 76.2 Å². The molecule has 0 N–H and O–H groups in total. The summed E-state index contributed by atoms with van der Waals surface area (Å²) in [7, 11) is 0. The number of benzene rings is 3. The van der Waals surface area contributed by atoms with E-state index in [1.54, 1.807) is 43.9 Å². The summed E-state index contributed by atoms with van der Waals surface area (Å²) in [5, 5.41) is 0.438. The van der Waals surface area contributed by atoms with Crippen LogP contribution < -0.4 is 0 Å². The first-order valence-corrected chi connectivity index (χ1v) is 14.4. The minimum atomic E-state index is -0.906. The number of amides is 3. The molecule has 2 saturated heterocycles. The lowest BCUT2D eigenvalue weighted by molar-refractivity contribution is -0.135. The highest BCUT2D eigenvalue weighted by Crippen LogP contribution is 2.45. The van der Waals surface area contributed by atoms with Crippen LogP contribution in [-0.2, 0) is 27.3 Å². The van der Waals surface area contributed by atoms with E-state index in [0.717, 1.165) is 11.1 Å². The fourth-order valence-electron chi connectivity index (χ4n) is 5.75. The van der Waals surface area contributed by atoms with Gasteiger partial charge in [0.25, 0.3) is 0 Å². The summed E-state index contributed by atoms with van der Waals surface area (Å²) in [6.45, 7) is 5.92. The molecule has 2 atom stereocenters. The van der Waals surface area contributed by atoms with Crippen LogP contribution in [0, 0.1) is 11.2 Å². The van der Waals surface area contributed by atoms with Gasteiger partial charge in [0.05, 0.1) is 5.41 Å². The van der Waals surface area contributed by atoms with Crippen LogP contribution in [0.15, 0.2) is 72.8 Å². The number of nitrogens with zero attached hydrogens (tertiary/aromatic N) is 2. The summed E-state index contributed by atoms with van der Waals surface area (Å²) in [5.41, 5.74) is 1.12. The highest BCUT2D eigenvalue weighted by Gasteiger charge is 2.58. The van der Waals surface area contributed by atoms with E-state index in [1.807, 2.05) is 42.5 Å². The van der Waals surface area contributed by atoms with Crippen molar-refractivity contribution in [2.24, 2.45) is 5.41 Å². The van der Waals surface area contributed by atoms with Crippen molar-refractivity contribution >= 4 is 29.7 Å². The van der Waals surface area contributed by atoms with Gasteiger partial charge in [-0.3, -0.25) is 4.79 Å². The quantitative estimate of drug-likeness (QED) is 0.312. The molecule has 5 rings (SSSR count). The molecule has 0 radical (unpaired) electrons. The van der Waals surface area contributed by atoms with Gasteiger partial charge in [-0.15, -0.1) is 0 Å². The Kier molecular flexibility index (Phi) is 8.28. The Bertz CT molecular complexity index is 1470. The standard InChI is InChI=1S/C33H34ClFN2O5/c1-32(2,3)42-31(40)37-26(17-22-9-11-24(12-10-22)27-18-25(34)13-14-28(27)35)19-33(29(37)38)15-16-36(21-33)30(39)41-20-23-7-5-4-6-8-23/h4-14,18,26H,15-17,19-21H2,1-3H3/t26-,33?/m1/s1. The van der Waals surface area contributed by atoms with E-state index in [2.05, 4.69) is 0 Å². The predicted octanol–water partition coefficient (Wildman–Crippen LogP) is 7.25. The van der Waals surface area contributed by atoms with Gasteiger partial charge in [-0.05, 0) is 74.9 Å². The average Bonchev–Trinajstić information content (AvgIpc) is 3.49. The number of rotatable bonds is 5. The van der Waals surface area contributed by atoms with Crippen molar-refractivity contribution in [1.29, 1.82) is 0 Å². The Balaban J connectivity index is 1.33. The van der Waals surface area contributed by atoms with Gasteiger partial charge in [0.1, 0.15) is 18.0 Å². The van der Waals surface area contributed by atoms with E-state index in [4.69, 9.17) is 21.1 Å². The molecule has 0 bridgehead atoms. The van der Waals surface area contributed by atoms with E-state index in [0.29, 0.717) is 42.0 Å². The fraction of sp³-hybridized carbons (Fsp3) is 0.364. The zero-order valence-corrected chi connectivity index (χ0v) is 24.7. The minimum absolute atomic E-state index is 0.138. The fourth-order valence-corrected chi connectivity index (χ4v) is 5.92. The van der Waals surface area contributed by atoms with Crippen molar-refractivity contribution in [2.45, 2.75) is 58.3 Å². The normalized spacial score (nSPS) is 20.3. The first kappa shape index (κ1) is 29.6. The molecule has 3 amide bonds. The van der Waals surface area contributed by atoms with Gasteiger partial charge in [-0.25, -0.2) is 18.9 Å². The molecular weight excluding hydrogens is 559 g/mol. The van der Waals surface area contributed by atoms with Crippen LogP contribution in [-0.4, -0.2) is 52.6 Å². The zero-order valence-electron chi connectivity index (χ0n) is 23.9. The Hall–Kier alpha value is -3.91. The van der Waals surface area contributed by atoms with Crippen LogP contribution in [0.2, 0.25) is 5.02 Å². The molecule has 1 unspecified atom stereocenters. The van der Waals surface area contributed by atoms with Crippen LogP contribution in [0.25, 0.3) is 11.1 Å². The lowest BCUT2D eigenvalue weighted by atomic mass is 9.83. The number of carbonyl (C=O) groups excluding carboxylic acids is 3. The van der Waals surface area contributed by atoms with Crippen molar-refractivity contribution in [3.8, 4) is 11.1 Å². The molecule has 2 fully saturated rings. The molecular formula is C33H34ClFN2O5. The number of likely N-dealkylation sites (tertiary alicyclic amines) is 2. The zero-order chi connectivity index (χ0) is 30.1. The van der Waals surface area contributed by atoms with E-state index >= 15 is 0 Å². The highest BCUT2D eigenvalue weighted by molar-refractivity contribution is 6.30. The number of hydrogen-bond acceptors (Lipinski definition) is 5. The van der Waals surface area contributed by atoms with Crippen molar-refractivity contribution in [3.05, 3.63) is 94.8 Å². The Morgan fingerprint density at radius 1 is 1.00 bits per heavy atom. The van der Waals surface area contributed by atoms with Crippen LogP contribution in [0.1, 0.15) is 44.7 Å². The summed E-state index contributed by atoms with van der Waals surface area (Å²) in [6.07, 6.45) is 0.0215. The van der Waals surface area contributed by atoms with Crippen LogP contribution in [0.5, 0.6) is 0 Å². The molecule has 2 aliphatic rings. The van der Waals surface area contributed by atoms with Crippen molar-refractivity contribution < 1.29 is 28.2 Å². The molecule has 1 spiro atoms. The lowest BCUT2D eigenvalue weighted by Crippen LogP contribution is -2.45. The molecule has 2 heterocycles. The van der Waals surface area contributed by atoms with Gasteiger partial charge in [0.2, 0.25) is 5.91 Å². The minimum Gasteiger partial charge on any atom is -0.445 e. The second-order valence-corrected chi connectivity index (χ2v) is 12.5. The molecule has 3 aromatic carbocycles. The van der Waals surface area contributed by atoms with Crippen LogP contribution >= 0.6 is 11.6 Å². The monoisotopic (exact) mass is 592 g/mol. The summed E-state index contributed by atoms with van der Waals surface area (Å²) in [5.74, 6) is -0.711. The smallest absolute Gasteiger partial charge is 0.417 e. The SMILES string of the molecule is CC(C)(C)OC(=O)N1C(=O)C2(CCN(C(=O)OCc3ccccc3)C2)C[C@H]1Cc1ccc(-c2cc(Cl)ccc2F)cc1. The van der Waals surface area contributed by atoms with Crippen LogP contribution in [0.4, 0.5) is 14.0 Å². The number of ether oxygens (including phenoxy) is 2. The van der Waals surface area contributed by atoms with Crippen molar-refractivity contribution in [2.75, 3.05) is 13.1 Å². The first-order valence-electron chi connectivity index (χ1n) is 14.0. The number of carbonyl (C=O) groups is 3. The summed E-state index contributed by atoms with van der Waals surface area (Å²) >= 11 is 6.07. The van der Waals surface area contributed by atoms with E-state index < -0.39 is 29.2 Å². The average molecular weight is 593 g/mol. The molecule has 0 saturated carbocycles. The molecule has 7 nitrogen and oxygen atoms in total. The van der Waals surface area contributed by atoms with Gasteiger partial charge in [0, 0.05) is 29.7 Å². The van der Waals surface area contributed by atoms with Crippen LogP contribution in [0.3, 0.4) is 0 Å². The maximum Gasteiger partial charge on any atom is 0.417 e. The molecule has 0 aromatic heterocycles. The Labute approximate surface area is 250 Å². The summed E-state index contributed by atoms with van der Waals surface area (Å²) < 4.78 is 25.5. The summed E-state index contributed by atoms with van der Waals surface area (Å²) in [4.78, 5) is 42.9. The Morgan fingerprint density at radius 2 is 1.71 bits per heavy atom. The molecule has 9 heteroatoms. The van der Waals surface area contributed by atoms with E-state index in [-0.39, 0.29) is 24.9 Å². The molecule has 2 aliphatic heterocycles. The van der Waals surface area contributed by atoms with Gasteiger partial charge in [0.15, 0.2) is 0 Å². The molecule has 220 valence electrons. The highest BCUT2D eigenvalue weighted by atomic mass is 35.5. The Morgan fingerprint density at radius 3 is 2.40 bits per heavy atom. The molecule has 0 aliphatic carbocycles. The third-order valence-electron chi connectivity index (χ3n) is 7.74. The second-order valence-electron chi connectivity index (χ2n) is 12.0. The van der Waals surface area contributed by atoms with E-state index in [9.17, 15) is 18.8 Å². The number of imide groups is 1. The third-order valence-corrected chi connectivity index (χ3v) is 7.97. The van der Waals surface area contributed by atoms with E-state index in [1.165, 1.54) is 17.0 Å². The first-order chi connectivity index (χ1) is 19.9.